The van der Waals surface area contributed by atoms with Gasteiger partial charge in [0, 0.05) is 11.8 Å². The molecular formula is C20H14BrN5. The number of imidazole rings is 1. The van der Waals surface area contributed by atoms with Gasteiger partial charge in [-0.3, -0.25) is 0 Å². The molecule has 0 aliphatic rings. The van der Waals surface area contributed by atoms with Crippen molar-refractivity contribution >= 4 is 49.6 Å². The van der Waals surface area contributed by atoms with E-state index in [2.05, 4.69) is 54.4 Å². The molecule has 6 heteroatoms. The number of aromatic amines is 2. The van der Waals surface area contributed by atoms with Gasteiger partial charge in [-0.15, -0.1) is 0 Å². The third-order valence-corrected chi connectivity index (χ3v) is 4.78. The number of halogens is 1. The maximum Gasteiger partial charge on any atom is 0.205 e. The van der Waals surface area contributed by atoms with Crippen molar-refractivity contribution in [1.82, 2.24) is 19.9 Å². The second-order valence-corrected chi connectivity index (χ2v) is 6.82. The summed E-state index contributed by atoms with van der Waals surface area (Å²) >= 11 is 3.42. The van der Waals surface area contributed by atoms with Crippen LogP contribution in [0, 0.1) is 0 Å². The number of hydrogen-bond acceptors (Lipinski definition) is 3. The molecule has 0 amide bonds. The minimum absolute atomic E-state index is 0.686. The molecule has 5 aromatic rings. The van der Waals surface area contributed by atoms with E-state index >= 15 is 0 Å². The fourth-order valence-corrected chi connectivity index (χ4v) is 3.45. The molecule has 5 rings (SSSR count). The normalized spacial score (nSPS) is 11.3. The first kappa shape index (κ1) is 15.2. The van der Waals surface area contributed by atoms with Gasteiger partial charge in [-0.1, -0.05) is 42.5 Å². The Bertz CT molecular complexity index is 1220. The minimum atomic E-state index is 0.686. The van der Waals surface area contributed by atoms with E-state index < -0.39 is 0 Å². The second kappa shape index (κ2) is 6.00. The van der Waals surface area contributed by atoms with Crippen molar-refractivity contribution in [2.45, 2.75) is 0 Å². The highest BCUT2D eigenvalue weighted by Crippen LogP contribution is 2.30. The topological polar surface area (TPSA) is 69.4 Å². The number of benzene rings is 2. The molecule has 0 saturated carbocycles. The lowest BCUT2D eigenvalue weighted by Gasteiger charge is -2.01. The SMILES string of the molecule is Brc1ccc2[nH]cc(Nc3nc4c(-c5ccccc5)cccc4[nH]3)c2n1. The Morgan fingerprint density at radius 3 is 2.58 bits per heavy atom. The fraction of sp³-hybridized carbons (Fsp3) is 0. The average molecular weight is 404 g/mol. The second-order valence-electron chi connectivity index (χ2n) is 6.01. The smallest absolute Gasteiger partial charge is 0.205 e. The van der Waals surface area contributed by atoms with Crippen molar-refractivity contribution in [3.63, 3.8) is 0 Å². The number of fused-ring (bicyclic) bond motifs is 2. The van der Waals surface area contributed by atoms with Gasteiger partial charge >= 0.3 is 0 Å². The first-order valence-corrected chi connectivity index (χ1v) is 9.02. The first-order chi connectivity index (χ1) is 12.8. The summed E-state index contributed by atoms with van der Waals surface area (Å²) in [5.41, 5.74) is 6.89. The molecule has 0 spiro atoms. The first-order valence-electron chi connectivity index (χ1n) is 8.23. The zero-order valence-electron chi connectivity index (χ0n) is 13.6. The van der Waals surface area contributed by atoms with Crippen molar-refractivity contribution in [3.8, 4) is 11.1 Å². The van der Waals surface area contributed by atoms with Gasteiger partial charge in [0.25, 0.3) is 0 Å². The molecular weight excluding hydrogens is 390 g/mol. The molecule has 3 aromatic heterocycles. The summed E-state index contributed by atoms with van der Waals surface area (Å²) in [5, 5.41) is 3.34. The largest absolute Gasteiger partial charge is 0.358 e. The van der Waals surface area contributed by atoms with Crippen molar-refractivity contribution < 1.29 is 0 Å². The Kier molecular flexibility index (Phi) is 3.50. The molecule has 126 valence electrons. The van der Waals surface area contributed by atoms with E-state index in [-0.39, 0.29) is 0 Å². The van der Waals surface area contributed by atoms with Gasteiger partial charge in [0.15, 0.2) is 0 Å². The predicted molar refractivity (Wildman–Crippen MR) is 109 cm³/mol. The van der Waals surface area contributed by atoms with Crippen molar-refractivity contribution in [1.29, 1.82) is 0 Å². The lowest BCUT2D eigenvalue weighted by Crippen LogP contribution is -1.92. The van der Waals surface area contributed by atoms with Crippen LogP contribution in [0.2, 0.25) is 0 Å². The van der Waals surface area contributed by atoms with Crippen LogP contribution in [0.25, 0.3) is 33.2 Å². The zero-order chi connectivity index (χ0) is 17.5. The summed E-state index contributed by atoms with van der Waals surface area (Å²) in [7, 11) is 0. The monoisotopic (exact) mass is 403 g/mol. The number of anilines is 2. The molecule has 0 unspecified atom stereocenters. The number of aromatic nitrogens is 4. The van der Waals surface area contributed by atoms with Gasteiger partial charge in [0.2, 0.25) is 5.95 Å². The summed E-state index contributed by atoms with van der Waals surface area (Å²) in [6.45, 7) is 0. The molecule has 0 aliphatic carbocycles. The molecule has 0 fully saturated rings. The highest BCUT2D eigenvalue weighted by molar-refractivity contribution is 9.10. The number of para-hydroxylation sites is 1. The lowest BCUT2D eigenvalue weighted by molar-refractivity contribution is 1.30. The van der Waals surface area contributed by atoms with Crippen LogP contribution in [-0.4, -0.2) is 19.9 Å². The van der Waals surface area contributed by atoms with Crippen LogP contribution in [0.4, 0.5) is 11.6 Å². The molecule has 0 atom stereocenters. The number of nitrogens with zero attached hydrogens (tertiary/aromatic N) is 2. The number of rotatable bonds is 3. The zero-order valence-corrected chi connectivity index (χ0v) is 15.2. The van der Waals surface area contributed by atoms with Crippen LogP contribution < -0.4 is 5.32 Å². The quantitative estimate of drug-likeness (QED) is 0.342. The molecule has 26 heavy (non-hydrogen) atoms. The molecule has 0 saturated heterocycles. The van der Waals surface area contributed by atoms with Crippen molar-refractivity contribution in [3.05, 3.63) is 71.5 Å². The Hall–Kier alpha value is -3.12. The van der Waals surface area contributed by atoms with Gasteiger partial charge in [0.1, 0.15) is 10.1 Å². The van der Waals surface area contributed by atoms with Crippen LogP contribution in [-0.2, 0) is 0 Å². The van der Waals surface area contributed by atoms with Crippen LogP contribution in [0.1, 0.15) is 0 Å². The third-order valence-electron chi connectivity index (χ3n) is 4.34. The Morgan fingerprint density at radius 1 is 0.808 bits per heavy atom. The van der Waals surface area contributed by atoms with E-state index in [1.165, 1.54) is 0 Å². The summed E-state index contributed by atoms with van der Waals surface area (Å²) in [6, 6.07) is 20.3. The van der Waals surface area contributed by atoms with Crippen LogP contribution in [0.5, 0.6) is 0 Å². The molecule has 0 bridgehead atoms. The number of hydrogen-bond donors (Lipinski definition) is 3. The molecule has 3 N–H and O–H groups in total. The van der Waals surface area contributed by atoms with Gasteiger partial charge in [-0.25, -0.2) is 9.97 Å². The minimum Gasteiger partial charge on any atom is -0.358 e. The Balaban J connectivity index is 1.59. The van der Waals surface area contributed by atoms with E-state index in [1.807, 2.05) is 48.7 Å². The maximum atomic E-state index is 4.77. The summed E-state index contributed by atoms with van der Waals surface area (Å²) < 4.78 is 0.795. The average Bonchev–Trinajstić information content (AvgIpc) is 3.26. The van der Waals surface area contributed by atoms with E-state index in [4.69, 9.17) is 4.98 Å². The highest BCUT2D eigenvalue weighted by Gasteiger charge is 2.11. The molecule has 2 aromatic carbocycles. The van der Waals surface area contributed by atoms with Crippen LogP contribution in [0.15, 0.2) is 71.5 Å². The van der Waals surface area contributed by atoms with E-state index in [1.54, 1.807) is 0 Å². The van der Waals surface area contributed by atoms with Crippen LogP contribution in [0.3, 0.4) is 0 Å². The van der Waals surface area contributed by atoms with Gasteiger partial charge < -0.3 is 15.3 Å². The maximum absolute atomic E-state index is 4.77. The van der Waals surface area contributed by atoms with E-state index in [9.17, 15) is 0 Å². The Labute approximate surface area is 157 Å². The molecule has 0 radical (unpaired) electrons. The fourth-order valence-electron chi connectivity index (χ4n) is 3.14. The summed E-state index contributed by atoms with van der Waals surface area (Å²) in [4.78, 5) is 15.9. The molecule has 0 aliphatic heterocycles. The van der Waals surface area contributed by atoms with Crippen LogP contribution >= 0.6 is 15.9 Å². The van der Waals surface area contributed by atoms with E-state index in [0.717, 1.165) is 43.5 Å². The van der Waals surface area contributed by atoms with Gasteiger partial charge in [0.05, 0.1) is 22.2 Å². The number of nitrogens with one attached hydrogen (secondary N) is 3. The Morgan fingerprint density at radius 2 is 1.69 bits per heavy atom. The van der Waals surface area contributed by atoms with Crippen molar-refractivity contribution in [2.75, 3.05) is 5.32 Å². The predicted octanol–water partition coefficient (Wildman–Crippen LogP) is 5.61. The molecule has 3 heterocycles. The number of H-pyrrole nitrogens is 2. The van der Waals surface area contributed by atoms with Crippen molar-refractivity contribution in [2.24, 2.45) is 0 Å². The highest BCUT2D eigenvalue weighted by atomic mass is 79.9. The van der Waals surface area contributed by atoms with E-state index in [0.29, 0.717) is 5.95 Å². The number of pyridine rings is 1. The molecule has 5 nitrogen and oxygen atoms in total. The summed E-state index contributed by atoms with van der Waals surface area (Å²) in [5.74, 6) is 0.686. The lowest BCUT2D eigenvalue weighted by atomic mass is 10.0. The van der Waals surface area contributed by atoms with Gasteiger partial charge in [-0.2, -0.15) is 0 Å². The summed E-state index contributed by atoms with van der Waals surface area (Å²) in [6.07, 6.45) is 1.90. The standard InChI is InChI=1S/C20H14BrN5/c21-17-10-9-14-19(25-17)16(11-22-14)24-20-23-15-8-4-7-13(18(15)26-20)12-5-2-1-3-6-12/h1-11,22H,(H2,23,24,26). The van der Waals surface area contributed by atoms with Gasteiger partial charge in [-0.05, 0) is 39.7 Å². The third kappa shape index (κ3) is 2.55.